The minimum Gasteiger partial charge on any atom is -0.444 e. The number of amides is 1. The number of pyridine rings is 1. The molecule has 0 atom stereocenters. The second-order valence-electron chi connectivity index (χ2n) is 5.81. The molecule has 0 saturated carbocycles. The molecule has 2 N–H and O–H groups in total. The van der Waals surface area contributed by atoms with Crippen molar-refractivity contribution in [2.45, 2.75) is 26.4 Å². The molecule has 0 saturated heterocycles. The zero-order chi connectivity index (χ0) is 17.0. The Morgan fingerprint density at radius 2 is 1.91 bits per heavy atom. The smallest absolute Gasteiger partial charge is 0.413 e. The van der Waals surface area contributed by atoms with Gasteiger partial charge in [-0.25, -0.2) is 14.2 Å². The predicted molar refractivity (Wildman–Crippen MR) is 88.8 cm³/mol. The number of nitrogens with one attached hydrogen (secondary N) is 2. The monoisotopic (exact) mass is 337 g/mol. The van der Waals surface area contributed by atoms with Gasteiger partial charge >= 0.3 is 6.09 Å². The summed E-state index contributed by atoms with van der Waals surface area (Å²) in [7, 11) is 0. The van der Waals surface area contributed by atoms with Gasteiger partial charge in [0.25, 0.3) is 0 Å². The van der Waals surface area contributed by atoms with Crippen LogP contribution in [0.5, 0.6) is 0 Å². The van der Waals surface area contributed by atoms with Crippen molar-refractivity contribution in [3.05, 3.63) is 47.4 Å². The molecule has 5 nitrogen and oxygen atoms in total. The Hall–Kier alpha value is -2.34. The molecule has 0 radical (unpaired) electrons. The summed E-state index contributed by atoms with van der Waals surface area (Å²) in [6, 6.07) is 7.66. The number of carbonyl (C=O) groups excluding carboxylic acids is 1. The molecule has 0 bridgehead atoms. The van der Waals surface area contributed by atoms with E-state index < -0.39 is 17.5 Å². The van der Waals surface area contributed by atoms with Gasteiger partial charge in [-0.2, -0.15) is 0 Å². The Balaban J connectivity index is 1.99. The van der Waals surface area contributed by atoms with E-state index in [-0.39, 0.29) is 5.02 Å². The zero-order valence-electron chi connectivity index (χ0n) is 13.0. The minimum atomic E-state index is -0.576. The van der Waals surface area contributed by atoms with Crippen molar-refractivity contribution >= 4 is 34.9 Å². The van der Waals surface area contributed by atoms with Gasteiger partial charge in [0, 0.05) is 5.69 Å². The van der Waals surface area contributed by atoms with Crippen LogP contribution in [0.1, 0.15) is 20.8 Å². The van der Waals surface area contributed by atoms with Gasteiger partial charge < -0.3 is 10.1 Å². The van der Waals surface area contributed by atoms with Crippen LogP contribution in [0.4, 0.5) is 26.4 Å². The molecule has 1 heterocycles. The SMILES string of the molecule is CC(C)(C)OC(=O)Nc1ccc(Nc2ccc(F)c(Cl)c2)cn1. The van der Waals surface area contributed by atoms with Gasteiger partial charge in [-0.1, -0.05) is 11.6 Å². The number of hydrogen-bond acceptors (Lipinski definition) is 4. The van der Waals surface area contributed by atoms with Crippen LogP contribution >= 0.6 is 11.6 Å². The summed E-state index contributed by atoms with van der Waals surface area (Å²) in [5.74, 6) is -0.116. The third-order valence-corrected chi connectivity index (χ3v) is 2.89. The Bertz CT molecular complexity index is 699. The van der Waals surface area contributed by atoms with Crippen molar-refractivity contribution in [1.82, 2.24) is 4.98 Å². The summed E-state index contributed by atoms with van der Waals surface area (Å²) in [5.41, 5.74) is 0.724. The third-order valence-electron chi connectivity index (χ3n) is 2.60. The van der Waals surface area contributed by atoms with Crippen LogP contribution in [-0.4, -0.2) is 16.7 Å². The maximum atomic E-state index is 13.1. The van der Waals surface area contributed by atoms with E-state index in [4.69, 9.17) is 16.3 Å². The number of benzene rings is 1. The highest BCUT2D eigenvalue weighted by Crippen LogP contribution is 2.23. The fourth-order valence-corrected chi connectivity index (χ4v) is 1.87. The van der Waals surface area contributed by atoms with E-state index in [9.17, 15) is 9.18 Å². The highest BCUT2D eigenvalue weighted by atomic mass is 35.5. The van der Waals surface area contributed by atoms with Crippen LogP contribution in [0.25, 0.3) is 0 Å². The molecule has 2 rings (SSSR count). The van der Waals surface area contributed by atoms with E-state index >= 15 is 0 Å². The van der Waals surface area contributed by atoms with Crippen LogP contribution in [0.15, 0.2) is 36.5 Å². The molecule has 2 aromatic rings. The molecule has 122 valence electrons. The van der Waals surface area contributed by atoms with Gasteiger partial charge in [0.15, 0.2) is 0 Å². The second kappa shape index (κ2) is 6.83. The summed E-state index contributed by atoms with van der Waals surface area (Å²) < 4.78 is 18.2. The van der Waals surface area contributed by atoms with Crippen LogP contribution in [0.2, 0.25) is 5.02 Å². The molecular formula is C16H17ClFN3O2. The summed E-state index contributed by atoms with van der Waals surface area (Å²) in [4.78, 5) is 15.7. The fraction of sp³-hybridized carbons (Fsp3) is 0.250. The van der Waals surface area contributed by atoms with Crippen molar-refractivity contribution in [2.24, 2.45) is 0 Å². The summed E-state index contributed by atoms with van der Waals surface area (Å²) in [6.45, 7) is 5.34. The van der Waals surface area contributed by atoms with Crippen molar-refractivity contribution in [3.63, 3.8) is 0 Å². The van der Waals surface area contributed by atoms with Gasteiger partial charge in [-0.05, 0) is 51.1 Å². The van der Waals surface area contributed by atoms with Gasteiger partial charge in [0.05, 0.1) is 16.9 Å². The molecular weight excluding hydrogens is 321 g/mol. The lowest BCUT2D eigenvalue weighted by Crippen LogP contribution is -2.27. The molecule has 0 unspecified atom stereocenters. The number of carbonyl (C=O) groups is 1. The molecule has 0 aliphatic carbocycles. The molecule has 0 aliphatic rings. The molecule has 7 heteroatoms. The number of aromatic nitrogens is 1. The highest BCUT2D eigenvalue weighted by Gasteiger charge is 2.16. The molecule has 1 aromatic heterocycles. The van der Waals surface area contributed by atoms with E-state index in [1.54, 1.807) is 39.0 Å². The van der Waals surface area contributed by atoms with Gasteiger partial charge in [0.1, 0.15) is 17.2 Å². The second-order valence-corrected chi connectivity index (χ2v) is 6.22. The maximum absolute atomic E-state index is 13.1. The Morgan fingerprint density at radius 3 is 2.48 bits per heavy atom. The Kier molecular flexibility index (Phi) is 5.05. The lowest BCUT2D eigenvalue weighted by atomic mass is 10.2. The first-order valence-corrected chi connectivity index (χ1v) is 7.29. The van der Waals surface area contributed by atoms with Crippen LogP contribution in [0, 0.1) is 5.82 Å². The fourth-order valence-electron chi connectivity index (χ4n) is 1.69. The first-order chi connectivity index (χ1) is 10.7. The quantitative estimate of drug-likeness (QED) is 0.830. The molecule has 23 heavy (non-hydrogen) atoms. The number of halogens is 2. The molecule has 0 fully saturated rings. The molecule has 0 aliphatic heterocycles. The van der Waals surface area contributed by atoms with E-state index in [0.717, 1.165) is 0 Å². The van der Waals surface area contributed by atoms with Gasteiger partial charge in [-0.15, -0.1) is 0 Å². The summed E-state index contributed by atoms with van der Waals surface area (Å²) in [6.07, 6.45) is 0.959. The van der Waals surface area contributed by atoms with Crippen molar-refractivity contribution < 1.29 is 13.9 Å². The number of anilines is 3. The van der Waals surface area contributed by atoms with Crippen molar-refractivity contribution in [3.8, 4) is 0 Å². The number of hydrogen-bond donors (Lipinski definition) is 2. The summed E-state index contributed by atoms with van der Waals surface area (Å²) >= 11 is 5.72. The zero-order valence-corrected chi connectivity index (χ0v) is 13.7. The Labute approximate surface area is 138 Å². The predicted octanol–water partition coefficient (Wildman–Crippen LogP) is 4.96. The van der Waals surface area contributed by atoms with E-state index in [1.165, 1.54) is 18.3 Å². The van der Waals surface area contributed by atoms with Crippen molar-refractivity contribution in [2.75, 3.05) is 10.6 Å². The molecule has 1 aromatic carbocycles. The summed E-state index contributed by atoms with van der Waals surface area (Å²) in [5, 5.41) is 5.60. The highest BCUT2D eigenvalue weighted by molar-refractivity contribution is 6.31. The molecule has 1 amide bonds. The Morgan fingerprint density at radius 1 is 1.22 bits per heavy atom. The largest absolute Gasteiger partial charge is 0.444 e. The van der Waals surface area contributed by atoms with Gasteiger partial charge in [0.2, 0.25) is 0 Å². The minimum absolute atomic E-state index is 0.0335. The van der Waals surface area contributed by atoms with Gasteiger partial charge in [-0.3, -0.25) is 5.32 Å². The van der Waals surface area contributed by atoms with E-state index in [2.05, 4.69) is 15.6 Å². The maximum Gasteiger partial charge on any atom is 0.413 e. The number of rotatable bonds is 3. The van der Waals surface area contributed by atoms with E-state index in [0.29, 0.717) is 17.2 Å². The third kappa shape index (κ3) is 5.41. The normalized spacial score (nSPS) is 11.0. The van der Waals surface area contributed by atoms with Crippen LogP contribution < -0.4 is 10.6 Å². The van der Waals surface area contributed by atoms with Crippen LogP contribution in [0.3, 0.4) is 0 Å². The number of nitrogens with zero attached hydrogens (tertiary/aromatic N) is 1. The first-order valence-electron chi connectivity index (χ1n) is 6.91. The standard InChI is InChI=1S/C16H17ClFN3O2/c1-16(2,3)23-15(22)21-14-7-5-11(9-19-14)20-10-4-6-13(18)12(17)8-10/h4-9,20H,1-3H3,(H,19,21,22). The lowest BCUT2D eigenvalue weighted by Gasteiger charge is -2.19. The van der Waals surface area contributed by atoms with Crippen molar-refractivity contribution in [1.29, 1.82) is 0 Å². The molecule has 0 spiro atoms. The number of ether oxygens (including phenoxy) is 1. The first kappa shape index (κ1) is 17.0. The van der Waals surface area contributed by atoms with Crippen LogP contribution in [-0.2, 0) is 4.74 Å². The average molecular weight is 338 g/mol. The topological polar surface area (TPSA) is 63.2 Å². The lowest BCUT2D eigenvalue weighted by molar-refractivity contribution is 0.0635. The average Bonchev–Trinajstić information content (AvgIpc) is 2.43. The van der Waals surface area contributed by atoms with E-state index in [1.807, 2.05) is 0 Å².